The van der Waals surface area contributed by atoms with Gasteiger partial charge >= 0.3 is 5.97 Å². The standard InChI is InChI=1S/C14H14ClN3O2/c1-8(10-4-2-3-5-12(10)15)18-13-11(14(19)20)6-9(16)7-17-13/h2-8H,16H2,1H3,(H,17,18)(H,19,20). The molecule has 0 spiro atoms. The Hall–Kier alpha value is -2.27. The Morgan fingerprint density at radius 3 is 2.80 bits per heavy atom. The minimum atomic E-state index is -1.08. The number of carbonyl (C=O) groups is 1. The Balaban J connectivity index is 2.31. The van der Waals surface area contributed by atoms with Gasteiger partial charge in [-0.15, -0.1) is 0 Å². The summed E-state index contributed by atoms with van der Waals surface area (Å²) < 4.78 is 0. The van der Waals surface area contributed by atoms with Crippen molar-refractivity contribution < 1.29 is 9.90 Å². The lowest BCUT2D eigenvalue weighted by atomic mass is 10.1. The van der Waals surface area contributed by atoms with E-state index in [0.29, 0.717) is 10.7 Å². The molecule has 104 valence electrons. The zero-order valence-corrected chi connectivity index (χ0v) is 11.6. The number of carboxylic acids is 1. The van der Waals surface area contributed by atoms with E-state index in [1.54, 1.807) is 6.07 Å². The van der Waals surface area contributed by atoms with Crippen molar-refractivity contribution in [1.29, 1.82) is 0 Å². The van der Waals surface area contributed by atoms with Gasteiger partial charge < -0.3 is 16.2 Å². The largest absolute Gasteiger partial charge is 0.478 e. The molecule has 1 aromatic carbocycles. The van der Waals surface area contributed by atoms with Crippen molar-refractivity contribution in [2.75, 3.05) is 11.1 Å². The number of halogens is 1. The van der Waals surface area contributed by atoms with Gasteiger partial charge in [0, 0.05) is 5.02 Å². The van der Waals surface area contributed by atoms with E-state index in [-0.39, 0.29) is 17.4 Å². The predicted octanol–water partition coefficient (Wildman–Crippen LogP) is 3.19. The highest BCUT2D eigenvalue weighted by atomic mass is 35.5. The van der Waals surface area contributed by atoms with Crippen LogP contribution in [0.2, 0.25) is 5.02 Å². The third-order valence-electron chi connectivity index (χ3n) is 2.86. The first-order valence-corrected chi connectivity index (χ1v) is 6.36. The van der Waals surface area contributed by atoms with Crippen LogP contribution < -0.4 is 11.1 Å². The number of nitrogens with two attached hydrogens (primary N) is 1. The fourth-order valence-corrected chi connectivity index (χ4v) is 2.17. The second kappa shape index (κ2) is 5.79. The van der Waals surface area contributed by atoms with Crippen molar-refractivity contribution in [3.8, 4) is 0 Å². The molecule has 0 fully saturated rings. The molecular formula is C14H14ClN3O2. The number of hydrogen-bond acceptors (Lipinski definition) is 4. The number of nitrogens with zero attached hydrogens (tertiary/aromatic N) is 1. The first kappa shape index (κ1) is 14.1. The second-order valence-electron chi connectivity index (χ2n) is 4.36. The van der Waals surface area contributed by atoms with E-state index in [0.717, 1.165) is 5.56 Å². The highest BCUT2D eigenvalue weighted by Gasteiger charge is 2.16. The minimum absolute atomic E-state index is 0.0314. The van der Waals surface area contributed by atoms with Crippen LogP contribution in [0.25, 0.3) is 0 Å². The Bertz CT molecular complexity index is 646. The van der Waals surface area contributed by atoms with E-state index >= 15 is 0 Å². The lowest BCUT2D eigenvalue weighted by Gasteiger charge is -2.17. The van der Waals surface area contributed by atoms with Crippen LogP contribution in [0.15, 0.2) is 36.5 Å². The summed E-state index contributed by atoms with van der Waals surface area (Å²) in [6.07, 6.45) is 1.41. The summed E-state index contributed by atoms with van der Waals surface area (Å²) in [4.78, 5) is 15.2. The van der Waals surface area contributed by atoms with Crippen LogP contribution in [0.1, 0.15) is 28.9 Å². The highest BCUT2D eigenvalue weighted by molar-refractivity contribution is 6.31. The van der Waals surface area contributed by atoms with Crippen molar-refractivity contribution in [1.82, 2.24) is 4.98 Å². The summed E-state index contributed by atoms with van der Waals surface area (Å²) in [6, 6.07) is 8.55. The average Bonchev–Trinajstić information content (AvgIpc) is 2.41. The molecule has 5 nitrogen and oxygen atoms in total. The van der Waals surface area contributed by atoms with E-state index in [1.807, 2.05) is 25.1 Å². The molecular weight excluding hydrogens is 278 g/mol. The number of carboxylic acid groups (broad SMARTS) is 1. The first-order chi connectivity index (χ1) is 9.49. The number of hydrogen-bond donors (Lipinski definition) is 3. The third kappa shape index (κ3) is 3.00. The van der Waals surface area contributed by atoms with Gasteiger partial charge in [0.2, 0.25) is 0 Å². The summed E-state index contributed by atoms with van der Waals surface area (Å²) in [5.41, 5.74) is 6.76. The molecule has 1 unspecified atom stereocenters. The smallest absolute Gasteiger partial charge is 0.339 e. The Kier molecular flexibility index (Phi) is 4.10. The number of rotatable bonds is 4. The van der Waals surface area contributed by atoms with E-state index in [2.05, 4.69) is 10.3 Å². The van der Waals surface area contributed by atoms with Crippen LogP contribution in [-0.4, -0.2) is 16.1 Å². The molecule has 0 bridgehead atoms. The zero-order valence-electron chi connectivity index (χ0n) is 10.8. The average molecular weight is 292 g/mol. The molecule has 1 atom stereocenters. The number of aromatic nitrogens is 1. The van der Waals surface area contributed by atoms with Crippen molar-refractivity contribution >= 4 is 29.1 Å². The molecule has 20 heavy (non-hydrogen) atoms. The molecule has 0 aliphatic carbocycles. The summed E-state index contributed by atoms with van der Waals surface area (Å²) in [7, 11) is 0. The number of benzene rings is 1. The summed E-state index contributed by atoms with van der Waals surface area (Å²) in [6.45, 7) is 1.88. The molecule has 0 aliphatic rings. The fraction of sp³-hybridized carbons (Fsp3) is 0.143. The van der Waals surface area contributed by atoms with Gasteiger partial charge in [0.25, 0.3) is 0 Å². The van der Waals surface area contributed by atoms with Crippen molar-refractivity contribution in [3.63, 3.8) is 0 Å². The third-order valence-corrected chi connectivity index (χ3v) is 3.21. The van der Waals surface area contributed by atoms with Crippen LogP contribution >= 0.6 is 11.6 Å². The number of nitrogen functional groups attached to an aromatic ring is 1. The molecule has 0 amide bonds. The van der Waals surface area contributed by atoms with Crippen LogP contribution in [0.3, 0.4) is 0 Å². The molecule has 0 saturated heterocycles. The Labute approximate surface area is 121 Å². The van der Waals surface area contributed by atoms with Crippen molar-refractivity contribution in [2.24, 2.45) is 0 Å². The molecule has 1 heterocycles. The van der Waals surface area contributed by atoms with Crippen LogP contribution in [-0.2, 0) is 0 Å². The summed E-state index contributed by atoms with van der Waals surface area (Å²) in [5.74, 6) is -0.822. The molecule has 4 N–H and O–H groups in total. The Morgan fingerprint density at radius 1 is 1.45 bits per heavy atom. The van der Waals surface area contributed by atoms with Crippen molar-refractivity contribution in [3.05, 3.63) is 52.7 Å². The van der Waals surface area contributed by atoms with Gasteiger partial charge in [0.1, 0.15) is 11.4 Å². The normalized spacial score (nSPS) is 11.9. The van der Waals surface area contributed by atoms with Gasteiger partial charge in [-0.25, -0.2) is 9.78 Å². The lowest BCUT2D eigenvalue weighted by Crippen LogP contribution is -2.13. The number of pyridine rings is 1. The van der Waals surface area contributed by atoms with Crippen LogP contribution in [0.5, 0.6) is 0 Å². The zero-order chi connectivity index (χ0) is 14.7. The van der Waals surface area contributed by atoms with E-state index < -0.39 is 5.97 Å². The molecule has 2 aromatic rings. The van der Waals surface area contributed by atoms with Crippen LogP contribution in [0, 0.1) is 0 Å². The molecule has 0 radical (unpaired) electrons. The molecule has 0 aliphatic heterocycles. The van der Waals surface area contributed by atoms with Gasteiger partial charge in [-0.1, -0.05) is 29.8 Å². The SMILES string of the molecule is CC(Nc1ncc(N)cc1C(=O)O)c1ccccc1Cl. The first-order valence-electron chi connectivity index (χ1n) is 5.99. The monoisotopic (exact) mass is 291 g/mol. The molecule has 2 rings (SSSR count). The molecule has 0 saturated carbocycles. The summed E-state index contributed by atoms with van der Waals surface area (Å²) >= 11 is 6.12. The minimum Gasteiger partial charge on any atom is -0.478 e. The van der Waals surface area contributed by atoms with Crippen molar-refractivity contribution in [2.45, 2.75) is 13.0 Å². The highest BCUT2D eigenvalue weighted by Crippen LogP contribution is 2.26. The van der Waals surface area contributed by atoms with Gasteiger partial charge in [-0.3, -0.25) is 0 Å². The van der Waals surface area contributed by atoms with Crippen LogP contribution in [0.4, 0.5) is 11.5 Å². The second-order valence-corrected chi connectivity index (χ2v) is 4.76. The maximum Gasteiger partial charge on any atom is 0.339 e. The fourth-order valence-electron chi connectivity index (χ4n) is 1.87. The Morgan fingerprint density at radius 2 is 2.15 bits per heavy atom. The number of aromatic carboxylic acids is 1. The van der Waals surface area contributed by atoms with E-state index in [1.165, 1.54) is 12.3 Å². The van der Waals surface area contributed by atoms with Gasteiger partial charge in [-0.05, 0) is 24.6 Å². The van der Waals surface area contributed by atoms with Gasteiger partial charge in [-0.2, -0.15) is 0 Å². The predicted molar refractivity (Wildman–Crippen MR) is 79.1 cm³/mol. The van der Waals surface area contributed by atoms with E-state index in [4.69, 9.17) is 22.4 Å². The topological polar surface area (TPSA) is 88.2 Å². The van der Waals surface area contributed by atoms with E-state index in [9.17, 15) is 4.79 Å². The maximum absolute atomic E-state index is 11.2. The molecule has 6 heteroatoms. The lowest BCUT2D eigenvalue weighted by molar-refractivity contribution is 0.0697. The summed E-state index contributed by atoms with van der Waals surface area (Å²) in [5, 5.41) is 12.8. The maximum atomic E-state index is 11.2. The number of anilines is 2. The number of nitrogens with one attached hydrogen (secondary N) is 1. The quantitative estimate of drug-likeness (QED) is 0.805. The van der Waals surface area contributed by atoms with Gasteiger partial charge in [0.15, 0.2) is 0 Å². The van der Waals surface area contributed by atoms with Gasteiger partial charge in [0.05, 0.1) is 17.9 Å². The molecule has 1 aromatic heterocycles.